The summed E-state index contributed by atoms with van der Waals surface area (Å²) in [5.74, 6) is 0. The summed E-state index contributed by atoms with van der Waals surface area (Å²) < 4.78 is 1.01. The van der Waals surface area contributed by atoms with Crippen LogP contribution in [0, 0.1) is 0 Å². The molecule has 2 aliphatic rings. The Hall–Kier alpha value is -1.29. The van der Waals surface area contributed by atoms with Crippen molar-refractivity contribution in [3.8, 4) is 0 Å². The van der Waals surface area contributed by atoms with Gasteiger partial charge in [-0.15, -0.1) is 11.8 Å². The van der Waals surface area contributed by atoms with Gasteiger partial charge in [-0.2, -0.15) is 0 Å². The monoisotopic (exact) mass is 366 g/mol. The smallest absolute Gasteiger partial charge is 0.0796 e. The molecule has 2 aromatic rings. The first kappa shape index (κ1) is 16.2. The molecule has 1 unspecified atom stereocenters. The Kier molecular flexibility index (Phi) is 4.66. The highest BCUT2D eigenvalue weighted by molar-refractivity contribution is 8.24. The first-order valence-corrected chi connectivity index (χ1v) is 10.3. The lowest BCUT2D eigenvalue weighted by atomic mass is 9.90. The third-order valence-corrected chi connectivity index (χ3v) is 7.21. The van der Waals surface area contributed by atoms with Crippen molar-refractivity contribution in [2.24, 2.45) is 0 Å². The maximum Gasteiger partial charge on any atom is 0.0796 e. The van der Waals surface area contributed by atoms with E-state index in [0.29, 0.717) is 5.25 Å². The van der Waals surface area contributed by atoms with Gasteiger partial charge >= 0.3 is 0 Å². The molecular formula is C21H18S3. The van der Waals surface area contributed by atoms with Gasteiger partial charge in [-0.3, -0.25) is 0 Å². The number of aryl methyl sites for hydroxylation is 1. The zero-order valence-corrected chi connectivity index (χ0v) is 15.9. The predicted molar refractivity (Wildman–Crippen MR) is 112 cm³/mol. The van der Waals surface area contributed by atoms with Crippen molar-refractivity contribution >= 4 is 44.8 Å². The fourth-order valence-corrected chi connectivity index (χ4v) is 6.06. The van der Waals surface area contributed by atoms with Gasteiger partial charge in [-0.05, 0) is 54.2 Å². The highest BCUT2D eigenvalue weighted by Gasteiger charge is 2.27. The maximum absolute atomic E-state index is 5.76. The van der Waals surface area contributed by atoms with E-state index < -0.39 is 0 Å². The number of benzene rings is 2. The molecular weight excluding hydrogens is 348 g/mol. The van der Waals surface area contributed by atoms with E-state index >= 15 is 0 Å². The third kappa shape index (κ3) is 3.13. The van der Waals surface area contributed by atoms with Crippen LogP contribution in [0.15, 0.2) is 76.7 Å². The van der Waals surface area contributed by atoms with E-state index in [9.17, 15) is 0 Å². The summed E-state index contributed by atoms with van der Waals surface area (Å²) >= 11 is 9.44. The second-order valence-corrected chi connectivity index (χ2v) is 9.18. The summed E-state index contributed by atoms with van der Waals surface area (Å²) in [4.78, 5) is 2.68. The molecule has 0 bridgehead atoms. The van der Waals surface area contributed by atoms with E-state index in [0.717, 1.165) is 17.0 Å². The lowest BCUT2D eigenvalue weighted by Crippen LogP contribution is -2.15. The van der Waals surface area contributed by atoms with Gasteiger partial charge in [0.25, 0.3) is 0 Å². The Morgan fingerprint density at radius 3 is 2.62 bits per heavy atom. The molecule has 0 fully saturated rings. The van der Waals surface area contributed by atoms with Crippen LogP contribution < -0.4 is 0 Å². The molecule has 120 valence electrons. The second kappa shape index (κ2) is 6.91. The molecule has 0 N–H and O–H groups in total. The van der Waals surface area contributed by atoms with Crippen LogP contribution in [0.5, 0.6) is 0 Å². The highest BCUT2D eigenvalue weighted by atomic mass is 32.2. The molecule has 0 aromatic heterocycles. The Labute approximate surface area is 157 Å². The van der Waals surface area contributed by atoms with Crippen LogP contribution in [0.2, 0.25) is 0 Å². The second-order valence-electron chi connectivity index (χ2n) is 6.07. The number of thioether (sulfide) groups is 2. The topological polar surface area (TPSA) is 0 Å². The van der Waals surface area contributed by atoms with E-state index in [1.54, 1.807) is 11.8 Å². The molecule has 0 amide bonds. The van der Waals surface area contributed by atoms with Crippen molar-refractivity contribution in [3.63, 3.8) is 0 Å². The first-order chi connectivity index (χ1) is 11.7. The number of hydrogen-bond donors (Lipinski definition) is 0. The molecule has 3 heteroatoms. The molecule has 1 aliphatic heterocycles. The van der Waals surface area contributed by atoms with Gasteiger partial charge in [0.15, 0.2) is 0 Å². The standard InChI is InChI=1S/C21H18S3/c1-14-19(21(22)24-17-8-3-2-4-9-17)13-16-12-11-15-7-5-6-10-18(15)20(16)23-14/h2-10,13-14H,11-12H2,1H3. The largest absolute Gasteiger partial charge is 0.117 e. The summed E-state index contributed by atoms with van der Waals surface area (Å²) in [5, 5.41) is 0.401. The van der Waals surface area contributed by atoms with Gasteiger partial charge in [-0.25, -0.2) is 0 Å². The maximum atomic E-state index is 5.76. The molecule has 0 saturated heterocycles. The lowest BCUT2D eigenvalue weighted by Gasteiger charge is -2.29. The van der Waals surface area contributed by atoms with Crippen LogP contribution in [0.4, 0.5) is 0 Å². The lowest BCUT2D eigenvalue weighted by molar-refractivity contribution is 0.941. The number of fused-ring (bicyclic) bond motifs is 2. The number of hydrogen-bond acceptors (Lipinski definition) is 3. The van der Waals surface area contributed by atoms with Gasteiger partial charge in [0.05, 0.1) is 4.20 Å². The van der Waals surface area contributed by atoms with E-state index in [4.69, 9.17) is 12.2 Å². The number of rotatable bonds is 2. The summed E-state index contributed by atoms with van der Waals surface area (Å²) in [6.45, 7) is 2.27. The van der Waals surface area contributed by atoms with Crippen LogP contribution in [0.3, 0.4) is 0 Å². The fourth-order valence-electron chi connectivity index (χ4n) is 3.22. The fraction of sp³-hybridized carbons (Fsp3) is 0.190. The number of allylic oxidation sites excluding steroid dienone is 2. The zero-order valence-electron chi connectivity index (χ0n) is 13.5. The zero-order chi connectivity index (χ0) is 16.5. The van der Waals surface area contributed by atoms with Gasteiger partial charge in [-0.1, -0.05) is 72.5 Å². The van der Waals surface area contributed by atoms with E-state index in [2.05, 4.69) is 61.5 Å². The van der Waals surface area contributed by atoms with Crippen molar-refractivity contribution < 1.29 is 0 Å². The molecule has 1 heterocycles. The minimum absolute atomic E-state index is 0.401. The van der Waals surface area contributed by atoms with Crippen molar-refractivity contribution in [3.05, 3.63) is 82.9 Å². The molecule has 0 radical (unpaired) electrons. The first-order valence-electron chi connectivity index (χ1n) is 8.19. The van der Waals surface area contributed by atoms with Crippen molar-refractivity contribution in [2.45, 2.75) is 29.9 Å². The van der Waals surface area contributed by atoms with Gasteiger partial charge < -0.3 is 0 Å². The van der Waals surface area contributed by atoms with Crippen LogP contribution in [0.25, 0.3) is 4.91 Å². The normalized spacial score (nSPS) is 19.4. The average Bonchev–Trinajstić information content (AvgIpc) is 2.62. The molecule has 1 aliphatic carbocycles. The van der Waals surface area contributed by atoms with Crippen LogP contribution in [-0.4, -0.2) is 9.45 Å². The predicted octanol–water partition coefficient (Wildman–Crippen LogP) is 6.53. The SMILES string of the molecule is CC1SC2=C(C=C1C(=S)Sc1ccccc1)CCc1ccccc12. The molecule has 24 heavy (non-hydrogen) atoms. The van der Waals surface area contributed by atoms with Crippen LogP contribution >= 0.6 is 35.7 Å². The van der Waals surface area contributed by atoms with E-state index in [-0.39, 0.29) is 0 Å². The van der Waals surface area contributed by atoms with E-state index in [1.807, 2.05) is 17.8 Å². The van der Waals surface area contributed by atoms with Crippen molar-refractivity contribution in [1.82, 2.24) is 0 Å². The third-order valence-electron chi connectivity index (χ3n) is 4.47. The van der Waals surface area contributed by atoms with Crippen molar-refractivity contribution in [1.29, 1.82) is 0 Å². The molecule has 0 nitrogen and oxygen atoms in total. The van der Waals surface area contributed by atoms with Crippen molar-refractivity contribution in [2.75, 3.05) is 0 Å². The summed E-state index contributed by atoms with van der Waals surface area (Å²) in [6, 6.07) is 19.2. The molecule has 0 saturated carbocycles. The van der Waals surface area contributed by atoms with Crippen LogP contribution in [0.1, 0.15) is 24.5 Å². The number of thiocarbonyl (C=S) groups is 1. The summed E-state index contributed by atoms with van der Waals surface area (Å²) in [5.41, 5.74) is 5.67. The van der Waals surface area contributed by atoms with Crippen LogP contribution in [-0.2, 0) is 6.42 Å². The summed E-state index contributed by atoms with van der Waals surface area (Å²) in [7, 11) is 0. The quantitative estimate of drug-likeness (QED) is 0.438. The van der Waals surface area contributed by atoms with Gasteiger partial charge in [0, 0.05) is 15.1 Å². The average molecular weight is 367 g/mol. The minimum Gasteiger partial charge on any atom is -0.117 e. The van der Waals surface area contributed by atoms with Gasteiger partial charge in [0.1, 0.15) is 0 Å². The molecule has 1 atom stereocenters. The molecule has 4 rings (SSSR count). The molecule has 0 spiro atoms. The Bertz CT molecular complexity index is 846. The summed E-state index contributed by atoms with van der Waals surface area (Å²) in [6.07, 6.45) is 4.62. The Balaban J connectivity index is 1.65. The molecule has 2 aromatic carbocycles. The highest BCUT2D eigenvalue weighted by Crippen LogP contribution is 2.47. The van der Waals surface area contributed by atoms with Gasteiger partial charge in [0.2, 0.25) is 0 Å². The Morgan fingerprint density at radius 1 is 1.04 bits per heavy atom. The van der Waals surface area contributed by atoms with E-state index in [1.165, 1.54) is 32.1 Å². The Morgan fingerprint density at radius 2 is 1.79 bits per heavy atom. The minimum atomic E-state index is 0.401.